The maximum atomic E-state index is 10.7. The smallest absolute Gasteiger partial charge is 0.320 e. The number of hydrogen-bond acceptors (Lipinski definition) is 5. The van der Waals surface area contributed by atoms with Crippen molar-refractivity contribution in [3.63, 3.8) is 0 Å². The number of aliphatic carboxylic acids is 1. The van der Waals surface area contributed by atoms with E-state index >= 15 is 0 Å². The van der Waals surface area contributed by atoms with Gasteiger partial charge in [-0.2, -0.15) is 0 Å². The summed E-state index contributed by atoms with van der Waals surface area (Å²) < 4.78 is 10.4. The number of nitrogens with zero attached hydrogens (tertiary/aromatic N) is 1. The molecule has 0 aliphatic rings. The average molecular weight is 268 g/mol. The summed E-state index contributed by atoms with van der Waals surface area (Å²) in [5, 5.41) is 8.76. The molecule has 0 spiro atoms. The van der Waals surface area contributed by atoms with E-state index in [0.717, 1.165) is 5.69 Å². The minimum Gasteiger partial charge on any atom is -0.497 e. The van der Waals surface area contributed by atoms with Crippen LogP contribution in [0.3, 0.4) is 0 Å². The molecule has 0 radical (unpaired) electrons. The topological polar surface area (TPSA) is 85.0 Å². The number of benzene rings is 1. The number of carbonyl (C=O) groups is 1. The van der Waals surface area contributed by atoms with Gasteiger partial charge in [-0.1, -0.05) is 0 Å². The number of nitrogens with two attached hydrogens (primary N) is 1. The van der Waals surface area contributed by atoms with Crippen molar-refractivity contribution in [3.05, 3.63) is 18.2 Å². The average Bonchev–Trinajstić information content (AvgIpc) is 2.43. The van der Waals surface area contributed by atoms with Gasteiger partial charge in [0.1, 0.15) is 17.5 Å². The molecule has 0 saturated carbocycles. The second-order valence-electron chi connectivity index (χ2n) is 4.19. The van der Waals surface area contributed by atoms with Crippen molar-refractivity contribution in [2.24, 2.45) is 5.73 Å². The molecule has 1 rings (SSSR count). The van der Waals surface area contributed by atoms with E-state index in [1.165, 1.54) is 0 Å². The molecule has 19 heavy (non-hydrogen) atoms. The van der Waals surface area contributed by atoms with Crippen LogP contribution in [0.5, 0.6) is 11.5 Å². The highest BCUT2D eigenvalue weighted by Crippen LogP contribution is 2.31. The fraction of sp³-hybridized carbons (Fsp3) is 0.462. The maximum Gasteiger partial charge on any atom is 0.320 e. The van der Waals surface area contributed by atoms with Crippen molar-refractivity contribution in [1.82, 2.24) is 0 Å². The summed E-state index contributed by atoms with van der Waals surface area (Å²) in [5.74, 6) is 0.420. The Morgan fingerprint density at radius 1 is 1.42 bits per heavy atom. The molecule has 0 aromatic heterocycles. The first-order valence-corrected chi connectivity index (χ1v) is 5.91. The Hall–Kier alpha value is -1.95. The Kier molecular flexibility index (Phi) is 5.44. The molecule has 3 N–H and O–H groups in total. The molecule has 1 aromatic rings. The van der Waals surface area contributed by atoms with Crippen LogP contribution in [0.4, 0.5) is 5.69 Å². The standard InChI is InChI=1S/C13H20N2O4/c1-15(7-6-10(14)13(16)17)11-8-9(18-2)4-5-12(11)19-3/h4-5,8,10H,6-7,14H2,1-3H3,(H,16,17). The molecule has 0 fully saturated rings. The Bertz CT molecular complexity index is 437. The molecule has 0 saturated heterocycles. The van der Waals surface area contributed by atoms with E-state index in [1.807, 2.05) is 24.1 Å². The highest BCUT2D eigenvalue weighted by Gasteiger charge is 2.14. The van der Waals surface area contributed by atoms with Crippen LogP contribution < -0.4 is 20.1 Å². The van der Waals surface area contributed by atoms with E-state index in [2.05, 4.69) is 0 Å². The van der Waals surface area contributed by atoms with Gasteiger partial charge in [0.25, 0.3) is 0 Å². The van der Waals surface area contributed by atoms with Crippen LogP contribution in [0.1, 0.15) is 6.42 Å². The van der Waals surface area contributed by atoms with Gasteiger partial charge in [-0.3, -0.25) is 4.79 Å². The SMILES string of the molecule is COc1ccc(OC)c(N(C)CCC(N)C(=O)O)c1. The first-order chi connectivity index (χ1) is 8.99. The molecule has 106 valence electrons. The zero-order valence-electron chi connectivity index (χ0n) is 11.4. The van der Waals surface area contributed by atoms with Crippen LogP contribution in [-0.4, -0.2) is 44.9 Å². The van der Waals surface area contributed by atoms with E-state index in [0.29, 0.717) is 24.5 Å². The van der Waals surface area contributed by atoms with E-state index in [-0.39, 0.29) is 0 Å². The van der Waals surface area contributed by atoms with Crippen LogP contribution in [0, 0.1) is 0 Å². The number of rotatable bonds is 7. The van der Waals surface area contributed by atoms with E-state index in [4.69, 9.17) is 20.3 Å². The summed E-state index contributed by atoms with van der Waals surface area (Å²) in [4.78, 5) is 12.6. The molecule has 0 bridgehead atoms. The zero-order chi connectivity index (χ0) is 14.4. The summed E-state index contributed by atoms with van der Waals surface area (Å²) >= 11 is 0. The number of methoxy groups -OCH3 is 2. The Morgan fingerprint density at radius 2 is 2.11 bits per heavy atom. The summed E-state index contributed by atoms with van der Waals surface area (Å²) in [6.45, 7) is 0.511. The Balaban J connectivity index is 2.79. The summed E-state index contributed by atoms with van der Waals surface area (Å²) in [6, 6.07) is 4.59. The first-order valence-electron chi connectivity index (χ1n) is 5.91. The van der Waals surface area contributed by atoms with Crippen LogP contribution in [0.2, 0.25) is 0 Å². The van der Waals surface area contributed by atoms with Gasteiger partial charge in [0.05, 0.1) is 19.9 Å². The number of anilines is 1. The van der Waals surface area contributed by atoms with Crippen molar-refractivity contribution in [2.75, 3.05) is 32.7 Å². The third kappa shape index (κ3) is 4.03. The van der Waals surface area contributed by atoms with Crippen LogP contribution >= 0.6 is 0 Å². The van der Waals surface area contributed by atoms with Gasteiger partial charge >= 0.3 is 5.97 Å². The molecular formula is C13H20N2O4. The maximum absolute atomic E-state index is 10.7. The molecule has 0 aliphatic heterocycles. The molecule has 1 unspecified atom stereocenters. The monoisotopic (exact) mass is 268 g/mol. The zero-order valence-corrected chi connectivity index (χ0v) is 11.4. The molecule has 6 nitrogen and oxygen atoms in total. The molecule has 0 amide bonds. The third-order valence-electron chi connectivity index (χ3n) is 2.89. The lowest BCUT2D eigenvalue weighted by atomic mass is 10.2. The van der Waals surface area contributed by atoms with Gasteiger partial charge in [-0.05, 0) is 18.6 Å². The van der Waals surface area contributed by atoms with Gasteiger partial charge in [0.15, 0.2) is 0 Å². The van der Waals surface area contributed by atoms with E-state index in [9.17, 15) is 4.79 Å². The molecule has 0 heterocycles. The lowest BCUT2D eigenvalue weighted by molar-refractivity contribution is -0.138. The van der Waals surface area contributed by atoms with Crippen molar-refractivity contribution in [1.29, 1.82) is 0 Å². The van der Waals surface area contributed by atoms with E-state index in [1.54, 1.807) is 20.3 Å². The van der Waals surface area contributed by atoms with Gasteiger partial charge in [-0.25, -0.2) is 0 Å². The second kappa shape index (κ2) is 6.84. The Morgan fingerprint density at radius 3 is 2.63 bits per heavy atom. The molecule has 6 heteroatoms. The van der Waals surface area contributed by atoms with Crippen molar-refractivity contribution < 1.29 is 19.4 Å². The predicted molar refractivity (Wildman–Crippen MR) is 73.0 cm³/mol. The second-order valence-corrected chi connectivity index (χ2v) is 4.19. The normalized spacial score (nSPS) is 11.8. The molecule has 0 aliphatic carbocycles. The molecular weight excluding hydrogens is 248 g/mol. The largest absolute Gasteiger partial charge is 0.497 e. The first kappa shape index (κ1) is 15.1. The third-order valence-corrected chi connectivity index (χ3v) is 2.89. The van der Waals surface area contributed by atoms with Gasteiger partial charge in [-0.15, -0.1) is 0 Å². The minimum atomic E-state index is -0.994. The minimum absolute atomic E-state index is 0.353. The van der Waals surface area contributed by atoms with Crippen LogP contribution in [0.15, 0.2) is 18.2 Å². The van der Waals surface area contributed by atoms with Gasteiger partial charge in [0.2, 0.25) is 0 Å². The van der Waals surface area contributed by atoms with Crippen LogP contribution in [0.25, 0.3) is 0 Å². The highest BCUT2D eigenvalue weighted by atomic mass is 16.5. The molecule has 1 aromatic carbocycles. The number of carboxylic acids is 1. The lowest BCUT2D eigenvalue weighted by Gasteiger charge is -2.23. The number of carboxylic acid groups (broad SMARTS) is 1. The molecule has 1 atom stereocenters. The van der Waals surface area contributed by atoms with Gasteiger partial charge in [0, 0.05) is 19.7 Å². The highest BCUT2D eigenvalue weighted by molar-refractivity contribution is 5.73. The van der Waals surface area contributed by atoms with Crippen molar-refractivity contribution in [3.8, 4) is 11.5 Å². The quantitative estimate of drug-likeness (QED) is 0.765. The van der Waals surface area contributed by atoms with Crippen molar-refractivity contribution >= 4 is 11.7 Å². The number of hydrogen-bond donors (Lipinski definition) is 2. The summed E-state index contributed by atoms with van der Waals surface area (Å²) in [5.41, 5.74) is 6.32. The van der Waals surface area contributed by atoms with Crippen molar-refractivity contribution in [2.45, 2.75) is 12.5 Å². The van der Waals surface area contributed by atoms with Crippen LogP contribution in [-0.2, 0) is 4.79 Å². The Labute approximate surface area is 112 Å². The number of ether oxygens (including phenoxy) is 2. The summed E-state index contributed by atoms with van der Waals surface area (Å²) in [7, 11) is 5.03. The fourth-order valence-electron chi connectivity index (χ4n) is 1.67. The summed E-state index contributed by atoms with van der Waals surface area (Å²) in [6.07, 6.45) is 0.353. The lowest BCUT2D eigenvalue weighted by Crippen LogP contribution is -2.34. The van der Waals surface area contributed by atoms with E-state index < -0.39 is 12.0 Å². The van der Waals surface area contributed by atoms with Gasteiger partial charge < -0.3 is 25.2 Å². The fourth-order valence-corrected chi connectivity index (χ4v) is 1.67. The predicted octanol–water partition coefficient (Wildman–Crippen LogP) is 0.942.